The largest absolute Gasteiger partial charge is 0.462 e. The molecule has 4 aromatic rings. The lowest BCUT2D eigenvalue weighted by atomic mass is 9.93. The van der Waals surface area contributed by atoms with Gasteiger partial charge >= 0.3 is 11.6 Å². The quantitative estimate of drug-likeness (QED) is 0.0713. The van der Waals surface area contributed by atoms with Crippen molar-refractivity contribution in [3.8, 4) is 22.5 Å². The van der Waals surface area contributed by atoms with Crippen molar-refractivity contribution in [3.63, 3.8) is 0 Å². The molecule has 0 unspecified atom stereocenters. The maximum Gasteiger partial charge on any atom is 0.351 e. The molecule has 8 heteroatoms. The maximum absolute atomic E-state index is 12.5. The van der Waals surface area contributed by atoms with E-state index in [1.54, 1.807) is 12.1 Å². The molecule has 1 aliphatic heterocycles. The third-order valence-electron chi connectivity index (χ3n) is 7.89. The van der Waals surface area contributed by atoms with Crippen LogP contribution >= 0.6 is 0 Å². The Morgan fingerprint density at radius 2 is 1.71 bits per heavy atom. The van der Waals surface area contributed by atoms with Crippen LogP contribution < -0.4 is 21.2 Å². The summed E-state index contributed by atoms with van der Waals surface area (Å²) in [6.07, 6.45) is 2.75. The predicted octanol–water partition coefficient (Wildman–Crippen LogP) is 7.82. The Morgan fingerprint density at radius 3 is 2.49 bits per heavy atom. The van der Waals surface area contributed by atoms with Crippen molar-refractivity contribution in [1.29, 1.82) is 5.41 Å². The molecule has 0 saturated heterocycles. The molecular formula is C37H35N3O5. The summed E-state index contributed by atoms with van der Waals surface area (Å²) in [5, 5.41) is 13.6. The molecule has 8 nitrogen and oxygen atoms in total. The number of anilines is 2. The number of carbonyl (C=O) groups is 1. The highest BCUT2D eigenvalue weighted by atomic mass is 16.5. The van der Waals surface area contributed by atoms with Crippen LogP contribution in [-0.2, 0) is 11.3 Å². The molecule has 2 heterocycles. The van der Waals surface area contributed by atoms with Crippen LogP contribution in [0, 0.1) is 5.41 Å². The van der Waals surface area contributed by atoms with Gasteiger partial charge in [-0.05, 0) is 66.1 Å². The molecular weight excluding hydrogens is 566 g/mol. The molecule has 1 aliphatic carbocycles. The smallest absolute Gasteiger partial charge is 0.351 e. The van der Waals surface area contributed by atoms with Crippen molar-refractivity contribution < 1.29 is 18.4 Å². The van der Waals surface area contributed by atoms with Crippen LogP contribution in [0.3, 0.4) is 0 Å². The summed E-state index contributed by atoms with van der Waals surface area (Å²) in [5.74, 6) is 0.0170. The van der Waals surface area contributed by atoms with E-state index in [-0.39, 0.29) is 12.2 Å². The number of nitrogens with zero attached hydrogens (tertiary/aromatic N) is 1. The molecule has 2 N–H and O–H groups in total. The summed E-state index contributed by atoms with van der Waals surface area (Å²) in [6, 6.07) is 27.0. The molecule has 3 aromatic carbocycles. The zero-order valence-electron chi connectivity index (χ0n) is 25.6. The van der Waals surface area contributed by atoms with Crippen LogP contribution in [-0.4, -0.2) is 26.7 Å². The Balaban J connectivity index is 1.22. The number of rotatable bonds is 10. The number of hydrogen-bond acceptors (Lipinski definition) is 8. The minimum absolute atomic E-state index is 0.0871. The zero-order chi connectivity index (χ0) is 31.5. The second kappa shape index (κ2) is 12.7. The van der Waals surface area contributed by atoms with Crippen LogP contribution in [0.25, 0.3) is 44.4 Å². The van der Waals surface area contributed by atoms with E-state index in [1.807, 2.05) is 61.5 Å². The molecule has 0 bridgehead atoms. The number of carbonyl (C=O) groups excluding carboxylic acids is 1. The van der Waals surface area contributed by atoms with Gasteiger partial charge in [0.2, 0.25) is 0 Å². The Bertz CT molecular complexity index is 2090. The van der Waals surface area contributed by atoms with Crippen LogP contribution in [0.4, 0.5) is 11.4 Å². The lowest BCUT2D eigenvalue weighted by Gasteiger charge is -2.18. The van der Waals surface area contributed by atoms with Crippen LogP contribution in [0.5, 0.6) is 0 Å². The molecule has 0 saturated carbocycles. The summed E-state index contributed by atoms with van der Waals surface area (Å²) in [5.41, 5.74) is 6.31. The Morgan fingerprint density at radius 1 is 0.889 bits per heavy atom. The second-order valence-electron chi connectivity index (χ2n) is 11.4. The van der Waals surface area contributed by atoms with E-state index >= 15 is 0 Å². The van der Waals surface area contributed by atoms with E-state index in [0.717, 1.165) is 63.9 Å². The first kappa shape index (κ1) is 29.7. The molecule has 228 valence electrons. The van der Waals surface area contributed by atoms with Crippen molar-refractivity contribution in [2.75, 3.05) is 30.9 Å². The van der Waals surface area contributed by atoms with Gasteiger partial charge < -0.3 is 29.2 Å². The van der Waals surface area contributed by atoms with Gasteiger partial charge in [-0.3, -0.25) is 0 Å². The van der Waals surface area contributed by atoms with Crippen LogP contribution in [0.2, 0.25) is 0 Å². The van der Waals surface area contributed by atoms with Crippen molar-refractivity contribution >= 4 is 39.3 Å². The molecule has 0 fully saturated rings. The lowest BCUT2D eigenvalue weighted by Crippen LogP contribution is -2.17. The lowest BCUT2D eigenvalue weighted by molar-refractivity contribution is 0.0493. The topological polar surface area (TPSA) is 109 Å². The number of unbranched alkanes of at least 4 members (excludes halogenated alkanes) is 2. The van der Waals surface area contributed by atoms with E-state index in [2.05, 4.69) is 36.5 Å². The first-order valence-corrected chi connectivity index (χ1v) is 15.1. The van der Waals surface area contributed by atoms with E-state index in [4.69, 9.17) is 19.0 Å². The Labute approximate surface area is 260 Å². The number of hydrogen-bond donors (Lipinski definition) is 2. The normalized spacial score (nSPS) is 11.3. The monoisotopic (exact) mass is 601 g/mol. The summed E-state index contributed by atoms with van der Waals surface area (Å²) in [4.78, 5) is 27.0. The average molecular weight is 602 g/mol. The van der Waals surface area contributed by atoms with Crippen LogP contribution in [0.1, 0.15) is 42.1 Å². The summed E-state index contributed by atoms with van der Waals surface area (Å²) in [6.45, 7) is 2.87. The van der Waals surface area contributed by atoms with Gasteiger partial charge in [0.1, 0.15) is 22.5 Å². The number of ether oxygens (including phenoxy) is 1. The minimum Gasteiger partial charge on any atom is -0.462 e. The van der Waals surface area contributed by atoms with Crippen molar-refractivity contribution in [1.82, 2.24) is 0 Å². The molecule has 0 amide bonds. The number of esters is 1. The third kappa shape index (κ3) is 6.31. The van der Waals surface area contributed by atoms with E-state index in [9.17, 15) is 9.59 Å². The van der Waals surface area contributed by atoms with E-state index in [1.165, 1.54) is 6.07 Å². The average Bonchev–Trinajstić information content (AvgIpc) is 3.04. The van der Waals surface area contributed by atoms with E-state index < -0.39 is 11.6 Å². The molecule has 2 aliphatic rings. The van der Waals surface area contributed by atoms with Gasteiger partial charge in [0.05, 0.1) is 12.0 Å². The summed E-state index contributed by atoms with van der Waals surface area (Å²) < 4.78 is 17.0. The highest BCUT2D eigenvalue weighted by Gasteiger charge is 2.18. The number of fused-ring (bicyclic) bond motifs is 3. The first-order chi connectivity index (χ1) is 21.8. The van der Waals surface area contributed by atoms with Gasteiger partial charge in [0, 0.05) is 66.0 Å². The predicted molar refractivity (Wildman–Crippen MR) is 178 cm³/mol. The third-order valence-corrected chi connectivity index (χ3v) is 7.89. The van der Waals surface area contributed by atoms with Crippen molar-refractivity contribution in [2.24, 2.45) is 0 Å². The van der Waals surface area contributed by atoms with Gasteiger partial charge in [-0.2, -0.15) is 0 Å². The zero-order valence-corrected chi connectivity index (χ0v) is 25.6. The molecule has 1 aromatic heterocycles. The first-order valence-electron chi connectivity index (χ1n) is 15.1. The van der Waals surface area contributed by atoms with Crippen LogP contribution in [0.15, 0.2) is 98.6 Å². The van der Waals surface area contributed by atoms with E-state index in [0.29, 0.717) is 28.6 Å². The molecule has 0 radical (unpaired) electrons. The second-order valence-corrected chi connectivity index (χ2v) is 11.4. The molecule has 0 atom stereocenters. The molecule has 45 heavy (non-hydrogen) atoms. The van der Waals surface area contributed by atoms with Gasteiger partial charge in [0.25, 0.3) is 0 Å². The molecule has 6 rings (SSSR count). The number of benzene rings is 4. The fourth-order valence-electron chi connectivity index (χ4n) is 5.43. The fourth-order valence-corrected chi connectivity index (χ4v) is 5.43. The van der Waals surface area contributed by atoms with Gasteiger partial charge in [0.15, 0.2) is 0 Å². The van der Waals surface area contributed by atoms with Gasteiger partial charge in [-0.25, -0.2) is 9.59 Å². The van der Waals surface area contributed by atoms with Crippen molar-refractivity contribution in [3.05, 3.63) is 112 Å². The van der Waals surface area contributed by atoms with Gasteiger partial charge in [-0.15, -0.1) is 0 Å². The summed E-state index contributed by atoms with van der Waals surface area (Å²) in [7, 11) is 3.99. The number of nitrogens with one attached hydrogen (secondary N) is 2. The SMILES string of the molecule is CCCCCOC(=O)c1cc2ccc(CNc3ccc(-c4c5ccc(=N)cc-5oc5cc(N(C)C)ccc45)cc3)cc2oc1=O. The highest BCUT2D eigenvalue weighted by Crippen LogP contribution is 2.41. The summed E-state index contributed by atoms with van der Waals surface area (Å²) >= 11 is 0. The fraction of sp³-hybridized carbons (Fsp3) is 0.216. The maximum atomic E-state index is 12.5. The highest BCUT2D eigenvalue weighted by molar-refractivity contribution is 6.02. The Hall–Kier alpha value is -5.37. The molecule has 0 spiro atoms. The standard InChI is InChI=1S/C37H35N3O5/c1-4-5-6-17-43-36(41)31-19-25-8-7-23(18-32(25)45-37(31)42)22-39-27-12-9-24(10-13-27)35-29-15-11-26(38)20-33(29)44-34-21-28(40(2)3)14-16-30(34)35/h7-16,18-21,38-39H,4-6,17,22H2,1-3H3. The van der Waals surface area contributed by atoms with Crippen molar-refractivity contribution in [2.45, 2.75) is 32.7 Å². The van der Waals surface area contributed by atoms with Gasteiger partial charge in [-0.1, -0.05) is 44.0 Å². The minimum atomic E-state index is -0.700. The Kier molecular flexibility index (Phi) is 8.38.